The summed E-state index contributed by atoms with van der Waals surface area (Å²) in [5.74, 6) is 0.186. The van der Waals surface area contributed by atoms with Crippen molar-refractivity contribution in [2.45, 2.75) is 19.7 Å². The molecule has 0 aliphatic heterocycles. The van der Waals surface area contributed by atoms with Crippen molar-refractivity contribution in [3.8, 4) is 16.3 Å². The first-order valence-corrected chi connectivity index (χ1v) is 9.71. The Kier molecular flexibility index (Phi) is 6.56. The molecule has 0 saturated carbocycles. The molecule has 1 heterocycles. The summed E-state index contributed by atoms with van der Waals surface area (Å²) < 4.78 is 49.2. The fourth-order valence-electron chi connectivity index (χ4n) is 2.57. The minimum atomic E-state index is -4.40. The van der Waals surface area contributed by atoms with E-state index in [2.05, 4.69) is 9.72 Å². The van der Waals surface area contributed by atoms with Gasteiger partial charge in [0.05, 0.1) is 23.2 Å². The molecule has 2 aromatic carbocycles. The van der Waals surface area contributed by atoms with Crippen LogP contribution in [0.5, 0.6) is 5.75 Å². The van der Waals surface area contributed by atoms with E-state index in [1.165, 1.54) is 30.6 Å². The number of ether oxygens (including phenoxy) is 2. The standard InChI is InChI=1S/C22H18F3NO3S/c1-14-19(13-29-18-9-6-15(7-10-18)8-11-20(27)28-2)30-21(26-14)16-4-3-5-17(12-16)22(23,24)25/h3-12H,13H2,1-2H3. The molecule has 1 aromatic heterocycles. The zero-order chi connectivity index (χ0) is 21.7. The lowest BCUT2D eigenvalue weighted by Crippen LogP contribution is -2.04. The Morgan fingerprint density at radius 1 is 1.17 bits per heavy atom. The molecule has 156 valence electrons. The predicted octanol–water partition coefficient (Wildman–Crippen LogP) is 5.90. The van der Waals surface area contributed by atoms with Crippen molar-refractivity contribution < 1.29 is 27.4 Å². The van der Waals surface area contributed by atoms with E-state index >= 15 is 0 Å². The molecule has 0 N–H and O–H groups in total. The van der Waals surface area contributed by atoms with Gasteiger partial charge in [-0.1, -0.05) is 24.3 Å². The summed E-state index contributed by atoms with van der Waals surface area (Å²) in [5.41, 5.74) is 1.25. The summed E-state index contributed by atoms with van der Waals surface area (Å²) in [4.78, 5) is 16.3. The second-order valence-electron chi connectivity index (χ2n) is 6.32. The highest BCUT2D eigenvalue weighted by Gasteiger charge is 2.30. The normalized spacial score (nSPS) is 11.6. The lowest BCUT2D eigenvalue weighted by atomic mass is 10.1. The number of halogens is 3. The second-order valence-corrected chi connectivity index (χ2v) is 7.40. The van der Waals surface area contributed by atoms with E-state index in [1.807, 2.05) is 0 Å². The van der Waals surface area contributed by atoms with Crippen LogP contribution in [0.1, 0.15) is 21.7 Å². The topological polar surface area (TPSA) is 48.4 Å². The van der Waals surface area contributed by atoms with Gasteiger partial charge in [-0.3, -0.25) is 0 Å². The number of aromatic nitrogens is 1. The SMILES string of the molecule is COC(=O)C=Cc1ccc(OCc2sc(-c3cccc(C(F)(F)F)c3)nc2C)cc1. The van der Waals surface area contributed by atoms with Gasteiger partial charge in [0.25, 0.3) is 0 Å². The summed E-state index contributed by atoms with van der Waals surface area (Å²) in [6.07, 6.45) is -1.44. The molecule has 8 heteroatoms. The first kappa shape index (κ1) is 21.6. The van der Waals surface area contributed by atoms with Gasteiger partial charge in [-0.15, -0.1) is 11.3 Å². The van der Waals surface area contributed by atoms with Gasteiger partial charge in [0.1, 0.15) is 17.4 Å². The van der Waals surface area contributed by atoms with Crippen LogP contribution in [0.3, 0.4) is 0 Å². The average molecular weight is 433 g/mol. The van der Waals surface area contributed by atoms with Gasteiger partial charge in [0.15, 0.2) is 0 Å². The molecule has 0 fully saturated rings. The van der Waals surface area contributed by atoms with E-state index in [0.717, 1.165) is 22.6 Å². The van der Waals surface area contributed by atoms with Crippen LogP contribution in [-0.2, 0) is 22.3 Å². The molecule has 0 atom stereocenters. The number of carbonyl (C=O) groups excluding carboxylic acids is 1. The van der Waals surface area contributed by atoms with E-state index in [1.54, 1.807) is 43.3 Å². The van der Waals surface area contributed by atoms with Gasteiger partial charge in [0, 0.05) is 11.6 Å². The Morgan fingerprint density at radius 3 is 2.57 bits per heavy atom. The monoisotopic (exact) mass is 433 g/mol. The number of esters is 1. The molecule has 3 rings (SSSR count). The highest BCUT2D eigenvalue weighted by Crippen LogP contribution is 2.34. The molecular weight excluding hydrogens is 415 g/mol. The van der Waals surface area contributed by atoms with E-state index in [0.29, 0.717) is 22.0 Å². The fourth-order valence-corrected chi connectivity index (χ4v) is 3.54. The van der Waals surface area contributed by atoms with Crippen LogP contribution < -0.4 is 4.74 Å². The Morgan fingerprint density at radius 2 is 1.90 bits per heavy atom. The number of alkyl halides is 3. The molecule has 0 spiro atoms. The quantitative estimate of drug-likeness (QED) is 0.359. The lowest BCUT2D eigenvalue weighted by Gasteiger charge is -2.07. The maximum atomic E-state index is 12.9. The number of benzene rings is 2. The van der Waals surface area contributed by atoms with E-state index < -0.39 is 17.7 Å². The zero-order valence-corrected chi connectivity index (χ0v) is 17.0. The third-order valence-corrected chi connectivity index (χ3v) is 5.37. The zero-order valence-electron chi connectivity index (χ0n) is 16.2. The van der Waals surface area contributed by atoms with Crippen LogP contribution in [0.15, 0.2) is 54.6 Å². The smallest absolute Gasteiger partial charge is 0.416 e. The van der Waals surface area contributed by atoms with Crippen molar-refractivity contribution >= 4 is 23.4 Å². The first-order valence-electron chi connectivity index (χ1n) is 8.89. The van der Waals surface area contributed by atoms with Gasteiger partial charge >= 0.3 is 12.1 Å². The van der Waals surface area contributed by atoms with Gasteiger partial charge in [-0.2, -0.15) is 13.2 Å². The van der Waals surface area contributed by atoms with Crippen molar-refractivity contribution in [2.75, 3.05) is 7.11 Å². The molecule has 0 unspecified atom stereocenters. The summed E-state index contributed by atoms with van der Waals surface area (Å²) in [6.45, 7) is 2.05. The summed E-state index contributed by atoms with van der Waals surface area (Å²) in [7, 11) is 1.31. The molecule has 4 nitrogen and oxygen atoms in total. The summed E-state index contributed by atoms with van der Waals surface area (Å²) in [6, 6.07) is 12.2. The molecule has 30 heavy (non-hydrogen) atoms. The van der Waals surface area contributed by atoms with Crippen molar-refractivity contribution in [3.05, 3.63) is 76.3 Å². The van der Waals surface area contributed by atoms with Gasteiger partial charge in [-0.25, -0.2) is 9.78 Å². The number of hydrogen-bond donors (Lipinski definition) is 0. The third kappa shape index (κ3) is 5.48. The van der Waals surface area contributed by atoms with E-state index in [9.17, 15) is 18.0 Å². The fraction of sp³-hybridized carbons (Fsp3) is 0.182. The molecule has 0 aliphatic carbocycles. The van der Waals surface area contributed by atoms with Crippen molar-refractivity contribution in [1.82, 2.24) is 4.98 Å². The van der Waals surface area contributed by atoms with Crippen LogP contribution in [0, 0.1) is 6.92 Å². The highest BCUT2D eigenvalue weighted by molar-refractivity contribution is 7.15. The minimum Gasteiger partial charge on any atom is -0.488 e. The number of carbonyl (C=O) groups is 1. The minimum absolute atomic E-state index is 0.250. The lowest BCUT2D eigenvalue weighted by molar-refractivity contribution is -0.137. The summed E-state index contributed by atoms with van der Waals surface area (Å²) >= 11 is 1.30. The Labute approximate surface area is 175 Å². The number of hydrogen-bond acceptors (Lipinski definition) is 5. The molecule has 0 saturated heterocycles. The molecular formula is C22H18F3NO3S. The Hall–Kier alpha value is -3.13. The molecule has 3 aromatic rings. The predicted molar refractivity (Wildman–Crippen MR) is 109 cm³/mol. The van der Waals surface area contributed by atoms with E-state index in [4.69, 9.17) is 4.74 Å². The molecule has 0 bridgehead atoms. The number of thiazole rings is 1. The van der Waals surface area contributed by atoms with Crippen LogP contribution in [-0.4, -0.2) is 18.1 Å². The largest absolute Gasteiger partial charge is 0.488 e. The Balaban J connectivity index is 1.68. The maximum absolute atomic E-state index is 12.9. The molecule has 0 radical (unpaired) electrons. The summed E-state index contributed by atoms with van der Waals surface area (Å²) in [5, 5.41) is 0.514. The maximum Gasteiger partial charge on any atom is 0.416 e. The van der Waals surface area contributed by atoms with Crippen molar-refractivity contribution in [1.29, 1.82) is 0 Å². The molecule has 0 aliphatic rings. The van der Waals surface area contributed by atoms with Crippen molar-refractivity contribution in [2.24, 2.45) is 0 Å². The highest BCUT2D eigenvalue weighted by atomic mass is 32.1. The number of methoxy groups -OCH3 is 1. The van der Waals surface area contributed by atoms with Crippen LogP contribution in [0.4, 0.5) is 13.2 Å². The second kappa shape index (κ2) is 9.13. The van der Waals surface area contributed by atoms with Crippen LogP contribution in [0.2, 0.25) is 0 Å². The van der Waals surface area contributed by atoms with E-state index in [-0.39, 0.29) is 6.61 Å². The third-order valence-electron chi connectivity index (χ3n) is 4.19. The number of nitrogens with zero attached hydrogens (tertiary/aromatic N) is 1. The van der Waals surface area contributed by atoms with Gasteiger partial charge < -0.3 is 9.47 Å². The average Bonchev–Trinajstić information content (AvgIpc) is 3.11. The number of rotatable bonds is 6. The van der Waals surface area contributed by atoms with Crippen molar-refractivity contribution in [3.63, 3.8) is 0 Å². The van der Waals surface area contributed by atoms with Crippen LogP contribution in [0.25, 0.3) is 16.6 Å². The van der Waals surface area contributed by atoms with Gasteiger partial charge in [0.2, 0.25) is 0 Å². The number of aryl methyl sites for hydroxylation is 1. The molecule has 0 amide bonds. The first-order chi connectivity index (χ1) is 14.3. The van der Waals surface area contributed by atoms with Gasteiger partial charge in [-0.05, 0) is 42.8 Å². The Bertz CT molecular complexity index is 1060. The van der Waals surface area contributed by atoms with Crippen LogP contribution >= 0.6 is 11.3 Å².